The second-order valence-corrected chi connectivity index (χ2v) is 3.51. The van der Waals surface area contributed by atoms with Crippen LogP contribution in [0.4, 0.5) is 0 Å². The maximum atomic E-state index is 5.48. The van der Waals surface area contributed by atoms with Gasteiger partial charge in [0.05, 0.1) is 6.61 Å². The fourth-order valence-electron chi connectivity index (χ4n) is 1.28. The summed E-state index contributed by atoms with van der Waals surface area (Å²) >= 11 is 0. The Morgan fingerprint density at radius 2 is 2.25 bits per heavy atom. The minimum absolute atomic E-state index is 0.140. The predicted octanol–water partition coefficient (Wildman–Crippen LogP) is 2.58. The molecule has 0 aromatic rings. The lowest BCUT2D eigenvalue weighted by Gasteiger charge is -2.13. The van der Waals surface area contributed by atoms with Gasteiger partial charge < -0.3 is 9.47 Å². The maximum Gasteiger partial charge on any atom is 0.181 e. The summed E-state index contributed by atoms with van der Waals surface area (Å²) in [5.74, 6) is 0.745. The van der Waals surface area contributed by atoms with Crippen molar-refractivity contribution in [2.45, 2.75) is 45.8 Å². The quantitative estimate of drug-likeness (QED) is 0.550. The van der Waals surface area contributed by atoms with E-state index in [0.29, 0.717) is 0 Å². The molecule has 72 valence electrons. The van der Waals surface area contributed by atoms with E-state index in [1.165, 1.54) is 25.7 Å². The molecule has 0 radical (unpaired) electrons. The zero-order chi connectivity index (χ0) is 8.81. The van der Waals surface area contributed by atoms with Crippen molar-refractivity contribution in [1.82, 2.24) is 0 Å². The van der Waals surface area contributed by atoms with Gasteiger partial charge in [0.2, 0.25) is 0 Å². The number of ether oxygens (including phenoxy) is 2. The van der Waals surface area contributed by atoms with Crippen molar-refractivity contribution in [1.29, 1.82) is 0 Å². The Kier molecular flexibility index (Phi) is 4.62. The van der Waals surface area contributed by atoms with Crippen LogP contribution in [0.25, 0.3) is 0 Å². The Hall–Kier alpha value is -0.0800. The van der Waals surface area contributed by atoms with E-state index in [1.54, 1.807) is 0 Å². The first-order valence-corrected chi connectivity index (χ1v) is 5.10. The summed E-state index contributed by atoms with van der Waals surface area (Å²) in [6, 6.07) is 0. The van der Waals surface area contributed by atoms with Gasteiger partial charge in [0.25, 0.3) is 0 Å². The Balaban J connectivity index is 1.98. The monoisotopic (exact) mass is 172 g/mol. The highest BCUT2D eigenvalue weighted by atomic mass is 16.8. The molecular weight excluding hydrogens is 152 g/mol. The highest BCUT2D eigenvalue weighted by Crippen LogP contribution is 2.17. The van der Waals surface area contributed by atoms with E-state index < -0.39 is 0 Å². The fourth-order valence-corrected chi connectivity index (χ4v) is 1.28. The Morgan fingerprint density at radius 1 is 1.50 bits per heavy atom. The largest absolute Gasteiger partial charge is 0.350 e. The molecule has 1 fully saturated rings. The normalized spacial score (nSPS) is 24.0. The van der Waals surface area contributed by atoms with Gasteiger partial charge in [0.1, 0.15) is 6.61 Å². The van der Waals surface area contributed by atoms with Crippen LogP contribution in [0, 0.1) is 5.92 Å². The number of hydrogen-bond donors (Lipinski definition) is 0. The van der Waals surface area contributed by atoms with Gasteiger partial charge in [0, 0.05) is 0 Å². The Bertz CT molecular complexity index is 110. The van der Waals surface area contributed by atoms with Gasteiger partial charge in [-0.05, 0) is 12.3 Å². The average molecular weight is 172 g/mol. The van der Waals surface area contributed by atoms with Gasteiger partial charge in [0.15, 0.2) is 6.29 Å². The zero-order valence-corrected chi connectivity index (χ0v) is 8.21. The molecule has 2 unspecified atom stereocenters. The molecule has 2 nitrogen and oxygen atoms in total. The van der Waals surface area contributed by atoms with Crippen LogP contribution in [0.2, 0.25) is 0 Å². The lowest BCUT2D eigenvalue weighted by molar-refractivity contribution is 0.0248. The van der Waals surface area contributed by atoms with Gasteiger partial charge in [-0.15, -0.1) is 0 Å². The van der Waals surface area contributed by atoms with Crippen molar-refractivity contribution >= 4 is 0 Å². The first kappa shape index (κ1) is 10.0. The fraction of sp³-hybridized carbons (Fsp3) is 1.00. The topological polar surface area (TPSA) is 21.8 Å². The second kappa shape index (κ2) is 5.55. The molecule has 2 atom stereocenters. The van der Waals surface area contributed by atoms with Crippen molar-refractivity contribution in [3.05, 3.63) is 0 Å². The maximum absolute atomic E-state index is 5.48. The van der Waals surface area contributed by atoms with Crippen molar-refractivity contribution in [2.24, 2.45) is 5.92 Å². The van der Waals surface area contributed by atoms with E-state index in [1.807, 2.05) is 0 Å². The van der Waals surface area contributed by atoms with Crippen LogP contribution in [0.1, 0.15) is 39.5 Å². The van der Waals surface area contributed by atoms with Gasteiger partial charge in [-0.1, -0.05) is 33.1 Å². The van der Waals surface area contributed by atoms with Gasteiger partial charge in [-0.2, -0.15) is 0 Å². The molecule has 0 N–H and O–H groups in total. The van der Waals surface area contributed by atoms with Gasteiger partial charge in [-0.3, -0.25) is 0 Å². The molecule has 12 heavy (non-hydrogen) atoms. The van der Waals surface area contributed by atoms with Gasteiger partial charge in [-0.25, -0.2) is 0 Å². The lowest BCUT2D eigenvalue weighted by Crippen LogP contribution is -2.10. The summed E-state index contributed by atoms with van der Waals surface area (Å²) in [7, 11) is 0. The SMILES string of the molecule is CCCCC(CC)COC1CO1. The highest BCUT2D eigenvalue weighted by Gasteiger charge is 2.23. The zero-order valence-electron chi connectivity index (χ0n) is 8.21. The van der Waals surface area contributed by atoms with E-state index in [4.69, 9.17) is 9.47 Å². The molecule has 0 aliphatic carbocycles. The first-order valence-electron chi connectivity index (χ1n) is 5.10. The number of hydrogen-bond acceptors (Lipinski definition) is 2. The van der Waals surface area contributed by atoms with Crippen molar-refractivity contribution in [2.75, 3.05) is 13.2 Å². The molecule has 0 spiro atoms. The lowest BCUT2D eigenvalue weighted by atomic mass is 10.0. The second-order valence-electron chi connectivity index (χ2n) is 3.51. The van der Waals surface area contributed by atoms with Crippen molar-refractivity contribution < 1.29 is 9.47 Å². The van der Waals surface area contributed by atoms with Gasteiger partial charge >= 0.3 is 0 Å². The van der Waals surface area contributed by atoms with Crippen LogP contribution in [0.3, 0.4) is 0 Å². The molecule has 2 heteroatoms. The van der Waals surface area contributed by atoms with Crippen LogP contribution in [-0.2, 0) is 9.47 Å². The number of rotatable bonds is 7. The van der Waals surface area contributed by atoms with E-state index in [2.05, 4.69) is 13.8 Å². The molecule has 1 aliphatic heterocycles. The highest BCUT2D eigenvalue weighted by molar-refractivity contribution is 4.60. The molecule has 0 aromatic carbocycles. The molecule has 0 saturated carbocycles. The third-order valence-electron chi connectivity index (χ3n) is 2.36. The van der Waals surface area contributed by atoms with Crippen LogP contribution >= 0.6 is 0 Å². The summed E-state index contributed by atoms with van der Waals surface area (Å²) in [5, 5.41) is 0. The predicted molar refractivity (Wildman–Crippen MR) is 49.0 cm³/mol. The van der Waals surface area contributed by atoms with Crippen LogP contribution in [-0.4, -0.2) is 19.5 Å². The van der Waals surface area contributed by atoms with E-state index in [-0.39, 0.29) is 6.29 Å². The molecule has 1 aliphatic rings. The van der Waals surface area contributed by atoms with Crippen molar-refractivity contribution in [3.8, 4) is 0 Å². The molecule has 0 bridgehead atoms. The Morgan fingerprint density at radius 3 is 2.75 bits per heavy atom. The molecular formula is C10H20O2. The van der Waals surface area contributed by atoms with E-state index >= 15 is 0 Å². The van der Waals surface area contributed by atoms with Crippen molar-refractivity contribution in [3.63, 3.8) is 0 Å². The summed E-state index contributed by atoms with van der Waals surface area (Å²) in [5.41, 5.74) is 0. The number of epoxide rings is 1. The molecule has 1 saturated heterocycles. The standard InChI is InChI=1S/C10H20O2/c1-3-5-6-9(4-2)7-11-10-8-12-10/h9-10H,3-8H2,1-2H3. The third-order valence-corrected chi connectivity index (χ3v) is 2.36. The van der Waals surface area contributed by atoms with Crippen LogP contribution < -0.4 is 0 Å². The summed E-state index contributed by atoms with van der Waals surface area (Å²) in [6.45, 7) is 6.17. The molecule has 0 aromatic heterocycles. The van der Waals surface area contributed by atoms with E-state index in [0.717, 1.165) is 19.1 Å². The summed E-state index contributed by atoms with van der Waals surface area (Å²) in [6.07, 6.45) is 5.29. The minimum atomic E-state index is 0.140. The third kappa shape index (κ3) is 4.07. The first-order chi connectivity index (χ1) is 5.86. The molecule has 0 amide bonds. The summed E-state index contributed by atoms with van der Waals surface area (Å²) in [4.78, 5) is 0. The van der Waals surface area contributed by atoms with E-state index in [9.17, 15) is 0 Å². The summed E-state index contributed by atoms with van der Waals surface area (Å²) < 4.78 is 10.5. The minimum Gasteiger partial charge on any atom is -0.350 e. The smallest absolute Gasteiger partial charge is 0.181 e. The number of unbranched alkanes of at least 4 members (excludes halogenated alkanes) is 1. The average Bonchev–Trinajstić information content (AvgIpc) is 2.89. The Labute approximate surface area is 75.2 Å². The molecule has 1 rings (SSSR count). The van der Waals surface area contributed by atoms with Crippen LogP contribution in [0.15, 0.2) is 0 Å². The molecule has 1 heterocycles. The van der Waals surface area contributed by atoms with Crippen LogP contribution in [0.5, 0.6) is 0 Å².